The second-order valence-electron chi connectivity index (χ2n) is 3.52. The van der Waals surface area contributed by atoms with Crippen molar-refractivity contribution in [2.75, 3.05) is 0 Å². The maximum Gasteiger partial charge on any atom is 0.132 e. The van der Waals surface area contributed by atoms with E-state index in [0.29, 0.717) is 0 Å². The molecule has 0 saturated heterocycles. The summed E-state index contributed by atoms with van der Waals surface area (Å²) in [4.78, 5) is 8.44. The third-order valence-corrected chi connectivity index (χ3v) is 2.38. The number of hydrogen-bond donors (Lipinski definition) is 0. The van der Waals surface area contributed by atoms with E-state index >= 15 is 0 Å². The van der Waals surface area contributed by atoms with Gasteiger partial charge in [-0.15, -0.1) is 0 Å². The van der Waals surface area contributed by atoms with Crippen LogP contribution < -0.4 is 0 Å². The lowest BCUT2D eigenvalue weighted by atomic mass is 10.1. The minimum absolute atomic E-state index is 0.814. The zero-order valence-electron chi connectivity index (χ0n) is 8.85. The van der Waals surface area contributed by atoms with Crippen LogP contribution in [-0.2, 0) is 12.8 Å². The van der Waals surface area contributed by atoms with Crippen LogP contribution in [0.15, 0.2) is 42.7 Å². The number of aromatic nitrogens is 2. The maximum absolute atomic E-state index is 4.22. The average Bonchev–Trinajstić information content (AvgIpc) is 2.31. The summed E-state index contributed by atoms with van der Waals surface area (Å²) in [6.45, 7) is 2.16. The molecule has 0 fully saturated rings. The fourth-order valence-corrected chi connectivity index (χ4v) is 1.56. The van der Waals surface area contributed by atoms with Gasteiger partial charge < -0.3 is 0 Å². The number of benzene rings is 1. The molecule has 0 aliphatic heterocycles. The molecule has 15 heavy (non-hydrogen) atoms. The lowest BCUT2D eigenvalue weighted by molar-refractivity contribution is 0.963. The van der Waals surface area contributed by atoms with Gasteiger partial charge in [0.2, 0.25) is 0 Å². The summed E-state index contributed by atoms with van der Waals surface area (Å²) in [6.07, 6.45) is 5.45. The monoisotopic (exact) mass is 198 g/mol. The van der Waals surface area contributed by atoms with Crippen molar-refractivity contribution in [1.82, 2.24) is 9.97 Å². The van der Waals surface area contributed by atoms with E-state index in [1.165, 1.54) is 11.1 Å². The molecule has 0 aliphatic rings. The molecule has 2 nitrogen and oxygen atoms in total. The number of aryl methyl sites for hydroxylation is 1. The highest BCUT2D eigenvalue weighted by atomic mass is 14.8. The molecule has 1 aromatic heterocycles. The molecule has 0 radical (unpaired) electrons. The molecule has 0 unspecified atom stereocenters. The molecule has 0 aliphatic carbocycles. The zero-order valence-corrected chi connectivity index (χ0v) is 8.85. The highest BCUT2D eigenvalue weighted by Gasteiger charge is 1.98. The van der Waals surface area contributed by atoms with Crippen molar-refractivity contribution in [1.29, 1.82) is 0 Å². The predicted molar refractivity (Wildman–Crippen MR) is 60.7 cm³/mol. The van der Waals surface area contributed by atoms with Crippen molar-refractivity contribution < 1.29 is 0 Å². The minimum Gasteiger partial charge on any atom is -0.241 e. The lowest BCUT2D eigenvalue weighted by Crippen LogP contribution is -1.95. The molecule has 2 rings (SSSR count). The number of rotatable bonds is 3. The van der Waals surface area contributed by atoms with Crippen LogP contribution >= 0.6 is 0 Å². The van der Waals surface area contributed by atoms with E-state index in [9.17, 15) is 0 Å². The highest BCUT2D eigenvalue weighted by molar-refractivity contribution is 5.25. The first-order valence-corrected chi connectivity index (χ1v) is 5.22. The van der Waals surface area contributed by atoms with Crippen molar-refractivity contribution >= 4 is 0 Å². The fourth-order valence-electron chi connectivity index (χ4n) is 1.56. The van der Waals surface area contributed by atoms with E-state index in [-0.39, 0.29) is 0 Å². The van der Waals surface area contributed by atoms with Crippen molar-refractivity contribution in [3.63, 3.8) is 0 Å². The van der Waals surface area contributed by atoms with Crippen molar-refractivity contribution in [2.24, 2.45) is 0 Å². The van der Waals surface area contributed by atoms with Gasteiger partial charge in [-0.3, -0.25) is 0 Å². The van der Waals surface area contributed by atoms with Crippen molar-refractivity contribution in [2.45, 2.75) is 19.8 Å². The van der Waals surface area contributed by atoms with Gasteiger partial charge in [0.05, 0.1) is 0 Å². The summed E-state index contributed by atoms with van der Waals surface area (Å²) in [5, 5.41) is 0. The fraction of sp³-hybridized carbons (Fsp3) is 0.231. The van der Waals surface area contributed by atoms with Gasteiger partial charge in [-0.05, 0) is 23.6 Å². The molecule has 76 valence electrons. The second kappa shape index (κ2) is 4.69. The van der Waals surface area contributed by atoms with E-state index in [1.807, 2.05) is 6.07 Å². The zero-order chi connectivity index (χ0) is 10.5. The summed E-state index contributed by atoms with van der Waals surface area (Å²) in [5.41, 5.74) is 2.64. The van der Waals surface area contributed by atoms with E-state index in [2.05, 4.69) is 41.2 Å². The molecule has 0 amide bonds. The summed E-state index contributed by atoms with van der Waals surface area (Å²) >= 11 is 0. The van der Waals surface area contributed by atoms with Crippen LogP contribution in [0, 0.1) is 0 Å². The quantitative estimate of drug-likeness (QED) is 0.757. The molecule has 0 saturated carbocycles. The van der Waals surface area contributed by atoms with Crippen LogP contribution in [0.25, 0.3) is 0 Å². The van der Waals surface area contributed by atoms with Crippen LogP contribution in [0.3, 0.4) is 0 Å². The Morgan fingerprint density at radius 2 is 1.73 bits per heavy atom. The van der Waals surface area contributed by atoms with Crippen LogP contribution in [0.4, 0.5) is 0 Å². The standard InChI is InChI=1S/C13H14N2/c1-2-11-5-3-6-12(9-11)10-13-14-7-4-8-15-13/h3-9H,2,10H2,1H3. The van der Waals surface area contributed by atoms with E-state index in [4.69, 9.17) is 0 Å². The van der Waals surface area contributed by atoms with Gasteiger partial charge in [-0.25, -0.2) is 9.97 Å². The molecular formula is C13H14N2. The van der Waals surface area contributed by atoms with E-state index in [0.717, 1.165) is 18.7 Å². The third kappa shape index (κ3) is 2.62. The molecular weight excluding hydrogens is 184 g/mol. The molecule has 2 heteroatoms. The summed E-state index contributed by atoms with van der Waals surface area (Å²) in [6, 6.07) is 10.4. The molecule has 1 aromatic carbocycles. The summed E-state index contributed by atoms with van der Waals surface area (Å²) in [5.74, 6) is 0.880. The van der Waals surface area contributed by atoms with Gasteiger partial charge in [-0.2, -0.15) is 0 Å². The Morgan fingerprint density at radius 1 is 1.00 bits per heavy atom. The first-order chi connectivity index (χ1) is 7.38. The Kier molecular flexibility index (Phi) is 3.08. The molecule has 2 aromatic rings. The van der Waals surface area contributed by atoms with Gasteiger partial charge in [0.15, 0.2) is 0 Å². The first-order valence-electron chi connectivity index (χ1n) is 5.22. The predicted octanol–water partition coefficient (Wildman–Crippen LogP) is 2.63. The average molecular weight is 198 g/mol. The molecule has 0 bridgehead atoms. The van der Waals surface area contributed by atoms with Gasteiger partial charge in [-0.1, -0.05) is 31.2 Å². The van der Waals surface area contributed by atoms with Crippen molar-refractivity contribution in [3.8, 4) is 0 Å². The summed E-state index contributed by atoms with van der Waals surface area (Å²) < 4.78 is 0. The van der Waals surface area contributed by atoms with Crippen molar-refractivity contribution in [3.05, 3.63) is 59.7 Å². The maximum atomic E-state index is 4.22. The Morgan fingerprint density at radius 3 is 2.47 bits per heavy atom. The van der Waals surface area contributed by atoms with Gasteiger partial charge >= 0.3 is 0 Å². The van der Waals surface area contributed by atoms with Crippen LogP contribution in [0.5, 0.6) is 0 Å². The Balaban J connectivity index is 2.17. The lowest BCUT2D eigenvalue weighted by Gasteiger charge is -2.02. The third-order valence-electron chi connectivity index (χ3n) is 2.38. The molecule has 0 atom stereocenters. The minimum atomic E-state index is 0.814. The topological polar surface area (TPSA) is 25.8 Å². The Hall–Kier alpha value is -1.70. The van der Waals surface area contributed by atoms with Gasteiger partial charge in [0.1, 0.15) is 5.82 Å². The number of hydrogen-bond acceptors (Lipinski definition) is 2. The van der Waals surface area contributed by atoms with Crippen LogP contribution in [-0.4, -0.2) is 9.97 Å². The van der Waals surface area contributed by atoms with E-state index in [1.54, 1.807) is 12.4 Å². The molecule has 0 spiro atoms. The Bertz CT molecular complexity index is 424. The van der Waals surface area contributed by atoms with Gasteiger partial charge in [0, 0.05) is 18.8 Å². The highest BCUT2D eigenvalue weighted by Crippen LogP contribution is 2.08. The SMILES string of the molecule is CCc1cccc(Cc2ncccn2)c1. The molecule has 1 heterocycles. The summed E-state index contributed by atoms with van der Waals surface area (Å²) in [7, 11) is 0. The molecule has 0 N–H and O–H groups in total. The van der Waals surface area contributed by atoms with E-state index < -0.39 is 0 Å². The normalized spacial score (nSPS) is 10.2. The van der Waals surface area contributed by atoms with Gasteiger partial charge in [0.25, 0.3) is 0 Å². The smallest absolute Gasteiger partial charge is 0.132 e. The van der Waals surface area contributed by atoms with Crippen LogP contribution in [0.1, 0.15) is 23.9 Å². The first kappa shape index (κ1) is 9.84. The van der Waals surface area contributed by atoms with Crippen LogP contribution in [0.2, 0.25) is 0 Å². The second-order valence-corrected chi connectivity index (χ2v) is 3.52. The number of nitrogens with zero attached hydrogens (tertiary/aromatic N) is 2. The Labute approximate surface area is 90.0 Å². The largest absolute Gasteiger partial charge is 0.241 e.